The van der Waals surface area contributed by atoms with E-state index < -0.39 is 17.7 Å². The van der Waals surface area contributed by atoms with Gasteiger partial charge >= 0.3 is 6.09 Å². The van der Waals surface area contributed by atoms with E-state index >= 15 is 0 Å². The topological polar surface area (TPSA) is 80.3 Å². The SMILES string of the molecule is CC(C)(C)OC(=O)N[C@@H](C(=O)Nc1ccc(-c2ccncc2)cc1)c1ccccc1. The molecule has 1 heterocycles. The van der Waals surface area contributed by atoms with Crippen molar-refractivity contribution in [2.75, 3.05) is 5.32 Å². The van der Waals surface area contributed by atoms with E-state index in [0.717, 1.165) is 11.1 Å². The first-order valence-corrected chi connectivity index (χ1v) is 9.67. The van der Waals surface area contributed by atoms with Crippen LogP contribution < -0.4 is 10.6 Å². The van der Waals surface area contributed by atoms with Crippen LogP contribution in [-0.2, 0) is 9.53 Å². The highest BCUT2D eigenvalue weighted by Crippen LogP contribution is 2.22. The molecule has 6 nitrogen and oxygen atoms in total. The molecule has 3 rings (SSSR count). The van der Waals surface area contributed by atoms with Crippen LogP contribution in [0.2, 0.25) is 0 Å². The highest BCUT2D eigenvalue weighted by atomic mass is 16.6. The molecule has 0 spiro atoms. The Morgan fingerprint density at radius 1 is 0.867 bits per heavy atom. The highest BCUT2D eigenvalue weighted by Gasteiger charge is 2.25. The quantitative estimate of drug-likeness (QED) is 0.631. The third-order valence-electron chi connectivity index (χ3n) is 4.22. The lowest BCUT2D eigenvalue weighted by Crippen LogP contribution is -2.40. The maximum Gasteiger partial charge on any atom is 0.408 e. The van der Waals surface area contributed by atoms with E-state index in [-0.39, 0.29) is 5.91 Å². The van der Waals surface area contributed by atoms with Crippen molar-refractivity contribution in [1.29, 1.82) is 0 Å². The number of hydrogen-bond acceptors (Lipinski definition) is 4. The Bertz CT molecular complexity index is 982. The molecule has 0 fully saturated rings. The molecule has 0 radical (unpaired) electrons. The smallest absolute Gasteiger partial charge is 0.408 e. The maximum atomic E-state index is 13.0. The van der Waals surface area contributed by atoms with Gasteiger partial charge in [0.05, 0.1) is 0 Å². The first-order valence-electron chi connectivity index (χ1n) is 9.67. The fraction of sp³-hybridized carbons (Fsp3) is 0.208. The molecule has 0 aliphatic rings. The monoisotopic (exact) mass is 403 g/mol. The Labute approximate surface area is 176 Å². The average molecular weight is 403 g/mol. The number of nitrogens with one attached hydrogen (secondary N) is 2. The molecule has 0 saturated heterocycles. The first-order chi connectivity index (χ1) is 14.3. The van der Waals surface area contributed by atoms with Gasteiger partial charge in [0.2, 0.25) is 0 Å². The molecule has 0 bridgehead atoms. The van der Waals surface area contributed by atoms with Gasteiger partial charge in [0.25, 0.3) is 5.91 Å². The van der Waals surface area contributed by atoms with Gasteiger partial charge in [-0.3, -0.25) is 9.78 Å². The number of benzene rings is 2. The predicted octanol–water partition coefficient (Wildman–Crippen LogP) is 4.95. The normalized spacial score (nSPS) is 12.0. The number of aromatic nitrogens is 1. The van der Waals surface area contributed by atoms with E-state index in [4.69, 9.17) is 4.74 Å². The van der Waals surface area contributed by atoms with Crippen LogP contribution in [0.25, 0.3) is 11.1 Å². The van der Waals surface area contributed by atoms with Gasteiger partial charge in [-0.1, -0.05) is 42.5 Å². The van der Waals surface area contributed by atoms with E-state index in [1.54, 1.807) is 45.3 Å². The zero-order valence-corrected chi connectivity index (χ0v) is 17.3. The summed E-state index contributed by atoms with van der Waals surface area (Å²) in [4.78, 5) is 29.3. The number of alkyl carbamates (subject to hydrolysis) is 1. The lowest BCUT2D eigenvalue weighted by molar-refractivity contribution is -0.118. The molecular formula is C24H25N3O3. The number of carbonyl (C=O) groups is 2. The summed E-state index contributed by atoms with van der Waals surface area (Å²) >= 11 is 0. The van der Waals surface area contributed by atoms with Crippen molar-refractivity contribution in [3.63, 3.8) is 0 Å². The summed E-state index contributed by atoms with van der Waals surface area (Å²) in [5, 5.41) is 5.53. The maximum absolute atomic E-state index is 13.0. The fourth-order valence-corrected chi connectivity index (χ4v) is 2.88. The minimum absolute atomic E-state index is 0.358. The predicted molar refractivity (Wildman–Crippen MR) is 117 cm³/mol. The molecule has 3 aromatic rings. The number of carbonyl (C=O) groups excluding carboxylic acids is 2. The molecule has 1 atom stereocenters. The molecule has 154 valence electrons. The van der Waals surface area contributed by atoms with Crippen LogP contribution in [0.1, 0.15) is 32.4 Å². The molecule has 0 aliphatic carbocycles. The van der Waals surface area contributed by atoms with Crippen molar-refractivity contribution >= 4 is 17.7 Å². The Kier molecular flexibility index (Phi) is 6.47. The molecule has 2 aromatic carbocycles. The van der Waals surface area contributed by atoms with Crippen LogP contribution in [0.3, 0.4) is 0 Å². The van der Waals surface area contributed by atoms with Gasteiger partial charge in [-0.15, -0.1) is 0 Å². The van der Waals surface area contributed by atoms with Gasteiger partial charge in [0.1, 0.15) is 11.6 Å². The van der Waals surface area contributed by atoms with Gasteiger partial charge in [0.15, 0.2) is 0 Å². The number of ether oxygens (including phenoxy) is 1. The molecule has 1 aromatic heterocycles. The molecule has 6 heteroatoms. The summed E-state index contributed by atoms with van der Waals surface area (Å²) in [6.45, 7) is 5.32. The third-order valence-corrected chi connectivity index (χ3v) is 4.22. The molecule has 0 unspecified atom stereocenters. The van der Waals surface area contributed by atoms with E-state index in [1.807, 2.05) is 54.6 Å². The van der Waals surface area contributed by atoms with Gasteiger partial charge in [-0.05, 0) is 61.7 Å². The van der Waals surface area contributed by atoms with Gasteiger partial charge in [-0.2, -0.15) is 0 Å². The zero-order valence-electron chi connectivity index (χ0n) is 17.3. The van der Waals surface area contributed by atoms with Gasteiger partial charge in [-0.25, -0.2) is 4.79 Å². The van der Waals surface area contributed by atoms with E-state index in [9.17, 15) is 9.59 Å². The van der Waals surface area contributed by atoms with Crippen LogP contribution in [0, 0.1) is 0 Å². The van der Waals surface area contributed by atoms with Crippen molar-refractivity contribution in [2.45, 2.75) is 32.4 Å². The number of nitrogens with zero attached hydrogens (tertiary/aromatic N) is 1. The summed E-state index contributed by atoms with van der Waals surface area (Å²) < 4.78 is 5.32. The average Bonchev–Trinajstić information content (AvgIpc) is 2.72. The van der Waals surface area contributed by atoms with E-state index in [1.165, 1.54) is 0 Å². The molecule has 2 amide bonds. The van der Waals surface area contributed by atoms with E-state index in [0.29, 0.717) is 11.3 Å². The number of pyridine rings is 1. The summed E-state index contributed by atoms with van der Waals surface area (Å²) in [5.41, 5.74) is 2.68. The fourth-order valence-electron chi connectivity index (χ4n) is 2.88. The Morgan fingerprint density at radius 2 is 1.47 bits per heavy atom. The summed E-state index contributed by atoms with van der Waals surface area (Å²) in [6.07, 6.45) is 2.81. The third kappa shape index (κ3) is 5.91. The van der Waals surface area contributed by atoms with Gasteiger partial charge < -0.3 is 15.4 Å². The molecular weight excluding hydrogens is 378 g/mol. The molecule has 2 N–H and O–H groups in total. The lowest BCUT2D eigenvalue weighted by Gasteiger charge is -2.23. The van der Waals surface area contributed by atoms with Crippen molar-refractivity contribution in [3.05, 3.63) is 84.7 Å². The van der Waals surface area contributed by atoms with Crippen molar-refractivity contribution in [1.82, 2.24) is 10.3 Å². The standard InChI is InChI=1S/C24H25N3O3/c1-24(2,3)30-23(29)27-21(19-7-5-4-6-8-19)22(28)26-20-11-9-17(10-12-20)18-13-15-25-16-14-18/h4-16,21H,1-3H3,(H,26,28)(H,27,29)/t21-/m1/s1. The Morgan fingerprint density at radius 3 is 2.07 bits per heavy atom. The summed E-state index contributed by atoms with van der Waals surface area (Å²) in [5.74, 6) is -0.358. The van der Waals surface area contributed by atoms with Crippen LogP contribution in [0.5, 0.6) is 0 Å². The number of anilines is 1. The van der Waals surface area contributed by atoms with Crippen LogP contribution in [0.15, 0.2) is 79.1 Å². The molecule has 30 heavy (non-hydrogen) atoms. The number of rotatable bonds is 5. The second kappa shape index (κ2) is 9.22. The molecule has 0 saturated carbocycles. The molecule has 0 aliphatic heterocycles. The van der Waals surface area contributed by atoms with Crippen molar-refractivity contribution in [3.8, 4) is 11.1 Å². The minimum Gasteiger partial charge on any atom is -0.444 e. The highest BCUT2D eigenvalue weighted by molar-refractivity contribution is 5.97. The van der Waals surface area contributed by atoms with Crippen molar-refractivity contribution in [2.24, 2.45) is 0 Å². The summed E-state index contributed by atoms with van der Waals surface area (Å²) in [7, 11) is 0. The summed E-state index contributed by atoms with van der Waals surface area (Å²) in [6, 6.07) is 19.5. The lowest BCUT2D eigenvalue weighted by atomic mass is 10.1. The van der Waals surface area contributed by atoms with Crippen molar-refractivity contribution < 1.29 is 14.3 Å². The number of hydrogen-bond donors (Lipinski definition) is 2. The Balaban J connectivity index is 1.75. The largest absolute Gasteiger partial charge is 0.444 e. The first kappa shape index (κ1) is 21.0. The Hall–Kier alpha value is -3.67. The van der Waals surface area contributed by atoms with E-state index in [2.05, 4.69) is 15.6 Å². The van der Waals surface area contributed by atoms with Crippen LogP contribution in [-0.4, -0.2) is 22.6 Å². The zero-order chi connectivity index (χ0) is 21.6. The van der Waals surface area contributed by atoms with Gasteiger partial charge in [0, 0.05) is 18.1 Å². The second-order valence-electron chi connectivity index (χ2n) is 7.79. The minimum atomic E-state index is -0.888. The second-order valence-corrected chi connectivity index (χ2v) is 7.79. The van der Waals surface area contributed by atoms with Crippen LogP contribution in [0.4, 0.5) is 10.5 Å². The van der Waals surface area contributed by atoms with Crippen LogP contribution >= 0.6 is 0 Å². The number of amides is 2.